The van der Waals surface area contributed by atoms with E-state index in [-0.39, 0.29) is 23.8 Å². The number of nitrogens with zero attached hydrogens (tertiary/aromatic N) is 2. The maximum atomic E-state index is 13.0. The number of ether oxygens (including phenoxy) is 1. The van der Waals surface area contributed by atoms with Crippen molar-refractivity contribution in [3.63, 3.8) is 0 Å². The zero-order valence-corrected chi connectivity index (χ0v) is 18.4. The summed E-state index contributed by atoms with van der Waals surface area (Å²) in [6, 6.07) is 11.3. The standard InChI is InChI=1S/C23H29N5O3/c1-23(2,3)19-21(25-14-18(29)31-4)28-10-6-9-17(20(28)27-19)22(30)26-13-16-8-5-7-15(11-16)12-24/h5-11,25H,12-14,24H2,1-4H3,(H,26,30). The summed E-state index contributed by atoms with van der Waals surface area (Å²) < 4.78 is 6.53. The van der Waals surface area contributed by atoms with Gasteiger partial charge in [-0.25, -0.2) is 4.98 Å². The van der Waals surface area contributed by atoms with Gasteiger partial charge < -0.3 is 21.1 Å². The van der Waals surface area contributed by atoms with Crippen molar-refractivity contribution < 1.29 is 14.3 Å². The van der Waals surface area contributed by atoms with E-state index in [4.69, 9.17) is 15.5 Å². The molecule has 31 heavy (non-hydrogen) atoms. The quantitative estimate of drug-likeness (QED) is 0.504. The topological polar surface area (TPSA) is 111 Å². The third-order valence-corrected chi connectivity index (χ3v) is 4.91. The molecule has 0 atom stereocenters. The highest BCUT2D eigenvalue weighted by Gasteiger charge is 2.26. The monoisotopic (exact) mass is 423 g/mol. The van der Waals surface area contributed by atoms with Gasteiger partial charge in [0.25, 0.3) is 5.91 Å². The van der Waals surface area contributed by atoms with Crippen LogP contribution in [0, 0.1) is 0 Å². The van der Waals surface area contributed by atoms with E-state index in [1.807, 2.05) is 51.2 Å². The largest absolute Gasteiger partial charge is 0.468 e. The molecule has 0 unspecified atom stereocenters. The van der Waals surface area contributed by atoms with Gasteiger partial charge in [0, 0.05) is 24.7 Å². The van der Waals surface area contributed by atoms with E-state index in [0.29, 0.717) is 30.1 Å². The number of hydrogen-bond acceptors (Lipinski definition) is 6. The molecule has 0 saturated carbocycles. The molecule has 0 aliphatic heterocycles. The van der Waals surface area contributed by atoms with Crippen LogP contribution in [0.5, 0.6) is 0 Å². The van der Waals surface area contributed by atoms with E-state index in [2.05, 4.69) is 10.6 Å². The number of pyridine rings is 1. The van der Waals surface area contributed by atoms with Gasteiger partial charge in [-0.2, -0.15) is 0 Å². The average Bonchev–Trinajstić information content (AvgIpc) is 3.15. The number of anilines is 1. The lowest BCUT2D eigenvalue weighted by atomic mass is 9.92. The van der Waals surface area contributed by atoms with Gasteiger partial charge in [0.05, 0.1) is 18.4 Å². The zero-order chi connectivity index (χ0) is 22.6. The Labute approximate surface area is 181 Å². The number of esters is 1. The number of hydrogen-bond donors (Lipinski definition) is 3. The lowest BCUT2D eigenvalue weighted by molar-refractivity contribution is -0.138. The Hall–Kier alpha value is -3.39. The van der Waals surface area contributed by atoms with Crippen LogP contribution in [0.4, 0.5) is 5.82 Å². The first-order chi connectivity index (χ1) is 14.7. The van der Waals surface area contributed by atoms with Gasteiger partial charge in [0.1, 0.15) is 12.4 Å². The first-order valence-electron chi connectivity index (χ1n) is 10.1. The predicted octanol–water partition coefficient (Wildman–Crippen LogP) is 2.61. The van der Waals surface area contributed by atoms with Crippen LogP contribution in [0.25, 0.3) is 5.65 Å². The molecule has 164 valence electrons. The number of benzene rings is 1. The fourth-order valence-corrected chi connectivity index (χ4v) is 3.31. The van der Waals surface area contributed by atoms with Gasteiger partial charge in [-0.05, 0) is 23.3 Å². The number of carbonyl (C=O) groups excluding carboxylic acids is 2. The third-order valence-electron chi connectivity index (χ3n) is 4.91. The van der Waals surface area contributed by atoms with Gasteiger partial charge in [-0.3, -0.25) is 14.0 Å². The summed E-state index contributed by atoms with van der Waals surface area (Å²) in [5, 5.41) is 6.07. The smallest absolute Gasteiger partial charge is 0.325 e. The third kappa shape index (κ3) is 5.03. The summed E-state index contributed by atoms with van der Waals surface area (Å²) >= 11 is 0. The highest BCUT2D eigenvalue weighted by molar-refractivity contribution is 6.00. The summed E-state index contributed by atoms with van der Waals surface area (Å²) in [7, 11) is 1.34. The lowest BCUT2D eigenvalue weighted by Gasteiger charge is -2.18. The van der Waals surface area contributed by atoms with Gasteiger partial charge in [0.15, 0.2) is 5.65 Å². The summed E-state index contributed by atoms with van der Waals surface area (Å²) in [5.41, 5.74) is 9.11. The number of nitrogens with one attached hydrogen (secondary N) is 2. The minimum atomic E-state index is -0.386. The lowest BCUT2D eigenvalue weighted by Crippen LogP contribution is -2.23. The number of nitrogens with two attached hydrogens (primary N) is 1. The fraction of sp³-hybridized carbons (Fsp3) is 0.348. The fourth-order valence-electron chi connectivity index (χ4n) is 3.31. The summed E-state index contributed by atoms with van der Waals surface area (Å²) in [6.07, 6.45) is 1.82. The van der Waals surface area contributed by atoms with E-state index < -0.39 is 0 Å². The van der Waals surface area contributed by atoms with Crippen LogP contribution in [-0.4, -0.2) is 34.9 Å². The van der Waals surface area contributed by atoms with E-state index in [1.54, 1.807) is 16.5 Å². The first kappa shape index (κ1) is 22.3. The molecule has 8 heteroatoms. The second-order valence-electron chi connectivity index (χ2n) is 8.31. The van der Waals surface area contributed by atoms with Crippen molar-refractivity contribution in [1.82, 2.24) is 14.7 Å². The predicted molar refractivity (Wildman–Crippen MR) is 120 cm³/mol. The molecule has 8 nitrogen and oxygen atoms in total. The molecule has 0 aliphatic carbocycles. The van der Waals surface area contributed by atoms with Crippen molar-refractivity contribution in [2.45, 2.75) is 39.3 Å². The Morgan fingerprint density at radius 3 is 2.58 bits per heavy atom. The number of imidazole rings is 1. The van der Waals surface area contributed by atoms with Gasteiger partial charge in [0.2, 0.25) is 0 Å². The number of aromatic nitrogens is 2. The van der Waals surface area contributed by atoms with Crippen LogP contribution in [0.1, 0.15) is 48.0 Å². The highest BCUT2D eigenvalue weighted by Crippen LogP contribution is 2.31. The molecule has 3 rings (SSSR count). The number of methoxy groups -OCH3 is 1. The Morgan fingerprint density at radius 2 is 1.90 bits per heavy atom. The maximum absolute atomic E-state index is 13.0. The van der Waals surface area contributed by atoms with Gasteiger partial charge in [-0.1, -0.05) is 45.0 Å². The Kier molecular flexibility index (Phi) is 6.60. The molecule has 0 radical (unpaired) electrons. The van der Waals surface area contributed by atoms with Crippen molar-refractivity contribution in [1.29, 1.82) is 0 Å². The van der Waals surface area contributed by atoms with Gasteiger partial charge >= 0.3 is 5.97 Å². The molecule has 1 aromatic carbocycles. The van der Waals surface area contributed by atoms with Crippen LogP contribution in [0.3, 0.4) is 0 Å². The van der Waals surface area contributed by atoms with Crippen molar-refractivity contribution in [3.8, 4) is 0 Å². The Morgan fingerprint density at radius 1 is 1.16 bits per heavy atom. The molecule has 0 bridgehead atoms. The molecule has 0 fully saturated rings. The number of carbonyl (C=O) groups is 2. The molecule has 3 aromatic rings. The normalized spacial score (nSPS) is 11.4. The van der Waals surface area contributed by atoms with E-state index in [9.17, 15) is 9.59 Å². The van der Waals surface area contributed by atoms with Crippen LogP contribution in [-0.2, 0) is 28.0 Å². The number of amides is 1. The average molecular weight is 424 g/mol. The molecule has 2 heterocycles. The van der Waals surface area contributed by atoms with Crippen LogP contribution < -0.4 is 16.4 Å². The summed E-state index contributed by atoms with van der Waals surface area (Å²) in [6.45, 7) is 6.92. The summed E-state index contributed by atoms with van der Waals surface area (Å²) in [5.74, 6) is 0.0512. The molecule has 0 spiro atoms. The second-order valence-corrected chi connectivity index (χ2v) is 8.31. The number of fused-ring (bicyclic) bond motifs is 1. The second kappa shape index (κ2) is 9.18. The molecule has 4 N–H and O–H groups in total. The van der Waals surface area contributed by atoms with E-state index >= 15 is 0 Å². The van der Waals surface area contributed by atoms with E-state index in [1.165, 1.54) is 7.11 Å². The molecule has 0 aliphatic rings. The molecular weight excluding hydrogens is 394 g/mol. The van der Waals surface area contributed by atoms with Crippen molar-refractivity contribution in [2.75, 3.05) is 19.0 Å². The highest BCUT2D eigenvalue weighted by atomic mass is 16.5. The van der Waals surface area contributed by atoms with Crippen molar-refractivity contribution in [2.24, 2.45) is 5.73 Å². The van der Waals surface area contributed by atoms with Gasteiger partial charge in [-0.15, -0.1) is 0 Å². The zero-order valence-electron chi connectivity index (χ0n) is 18.4. The van der Waals surface area contributed by atoms with Crippen LogP contribution in [0.15, 0.2) is 42.6 Å². The minimum absolute atomic E-state index is 0.00127. The van der Waals surface area contributed by atoms with Crippen LogP contribution >= 0.6 is 0 Å². The number of rotatable bonds is 7. The molecule has 1 amide bonds. The molecule has 2 aromatic heterocycles. The molecular formula is C23H29N5O3. The summed E-state index contributed by atoms with van der Waals surface area (Å²) in [4.78, 5) is 29.4. The Balaban J connectivity index is 1.92. The van der Waals surface area contributed by atoms with Crippen molar-refractivity contribution >= 4 is 23.3 Å². The maximum Gasteiger partial charge on any atom is 0.325 e. The first-order valence-corrected chi connectivity index (χ1v) is 10.1. The van der Waals surface area contributed by atoms with E-state index in [0.717, 1.165) is 16.8 Å². The molecule has 0 saturated heterocycles. The van der Waals surface area contributed by atoms with Crippen molar-refractivity contribution in [3.05, 3.63) is 65.0 Å². The van der Waals surface area contributed by atoms with Crippen LogP contribution in [0.2, 0.25) is 0 Å². The Bertz CT molecular complexity index is 1100. The minimum Gasteiger partial charge on any atom is -0.468 e. The SMILES string of the molecule is COC(=O)CNc1c(C(C)(C)C)nc2c(C(=O)NCc3cccc(CN)c3)cccn12.